The lowest BCUT2D eigenvalue weighted by atomic mass is 10.2. The van der Waals surface area contributed by atoms with Gasteiger partial charge in [0, 0.05) is 14.1 Å². The van der Waals surface area contributed by atoms with Crippen molar-refractivity contribution in [2.45, 2.75) is 19.6 Å². The van der Waals surface area contributed by atoms with E-state index in [1.165, 1.54) is 18.7 Å². The molecule has 0 aliphatic heterocycles. The molecule has 0 unspecified atom stereocenters. The zero-order chi connectivity index (χ0) is 14.1. The maximum atomic E-state index is 12.0. The second-order valence-corrected chi connectivity index (χ2v) is 9.82. The minimum atomic E-state index is -1.61. The van der Waals surface area contributed by atoms with Crippen LogP contribution in [0.1, 0.15) is 11.3 Å². The summed E-state index contributed by atoms with van der Waals surface area (Å²) in [5, 5.41) is 0. The molecule has 0 bridgehead atoms. The van der Waals surface area contributed by atoms with Gasteiger partial charge in [0.25, 0.3) is 5.56 Å². The minimum absolute atomic E-state index is 0.226. The maximum Gasteiger partial charge on any atom is 0.331 e. The summed E-state index contributed by atoms with van der Waals surface area (Å²) in [7, 11) is 1.35. The van der Waals surface area contributed by atoms with Gasteiger partial charge < -0.3 is 0 Å². The molecule has 1 rings (SSSR count). The van der Waals surface area contributed by atoms with Crippen molar-refractivity contribution in [3.63, 3.8) is 0 Å². The first-order valence-electron chi connectivity index (χ1n) is 5.49. The number of nitrogens with zero attached hydrogens (tertiary/aromatic N) is 2. The second-order valence-electron chi connectivity index (χ2n) is 5.07. The van der Waals surface area contributed by atoms with Crippen LogP contribution in [0.2, 0.25) is 19.6 Å². The van der Waals surface area contributed by atoms with Crippen LogP contribution in [0.15, 0.2) is 9.59 Å². The predicted molar refractivity (Wildman–Crippen MR) is 75.1 cm³/mol. The Hall–Kier alpha value is -1.98. The van der Waals surface area contributed by atoms with Crippen LogP contribution in [0.5, 0.6) is 0 Å². The Kier molecular flexibility index (Phi) is 3.69. The van der Waals surface area contributed by atoms with Gasteiger partial charge >= 0.3 is 5.69 Å². The Morgan fingerprint density at radius 2 is 1.67 bits per heavy atom. The Balaban J connectivity index is 3.75. The molecule has 1 heterocycles. The van der Waals surface area contributed by atoms with E-state index < -0.39 is 19.3 Å². The molecule has 1 aromatic rings. The van der Waals surface area contributed by atoms with Gasteiger partial charge in [-0.1, -0.05) is 31.5 Å². The SMILES string of the molecule is C#Cc1c(C#C[Si](C)(C)C)c(=O)n(C)c(=O)n1C. The highest BCUT2D eigenvalue weighted by atomic mass is 28.3. The van der Waals surface area contributed by atoms with Crippen molar-refractivity contribution in [2.24, 2.45) is 14.1 Å². The maximum absolute atomic E-state index is 12.0. The quantitative estimate of drug-likeness (QED) is 0.497. The molecule has 0 aliphatic carbocycles. The third-order valence-electron chi connectivity index (χ3n) is 2.36. The molecule has 0 saturated carbocycles. The molecule has 0 atom stereocenters. The third kappa shape index (κ3) is 2.64. The Morgan fingerprint density at radius 1 is 1.11 bits per heavy atom. The van der Waals surface area contributed by atoms with E-state index in [0.29, 0.717) is 0 Å². The summed E-state index contributed by atoms with van der Waals surface area (Å²) in [6.07, 6.45) is 5.36. The third-order valence-corrected chi connectivity index (χ3v) is 3.24. The monoisotopic (exact) mass is 260 g/mol. The topological polar surface area (TPSA) is 44.0 Å². The van der Waals surface area contributed by atoms with E-state index in [2.05, 4.69) is 37.0 Å². The van der Waals surface area contributed by atoms with Crippen LogP contribution in [0.25, 0.3) is 0 Å². The number of terminal acetylenes is 1. The van der Waals surface area contributed by atoms with Crippen LogP contribution in [0, 0.1) is 23.8 Å². The van der Waals surface area contributed by atoms with Crippen LogP contribution in [-0.2, 0) is 14.1 Å². The van der Waals surface area contributed by atoms with E-state index in [4.69, 9.17) is 6.42 Å². The van der Waals surface area contributed by atoms with E-state index in [9.17, 15) is 9.59 Å². The molecule has 94 valence electrons. The molecular formula is C13H16N2O2Si. The van der Waals surface area contributed by atoms with E-state index >= 15 is 0 Å². The molecule has 0 saturated heterocycles. The number of rotatable bonds is 0. The van der Waals surface area contributed by atoms with Gasteiger partial charge in [-0.25, -0.2) is 4.79 Å². The van der Waals surface area contributed by atoms with Crippen LogP contribution in [0.3, 0.4) is 0 Å². The molecule has 1 aromatic heterocycles. The predicted octanol–water partition coefficient (Wildman–Crippen LogP) is 0.294. The fourth-order valence-corrected chi connectivity index (χ4v) is 1.88. The van der Waals surface area contributed by atoms with E-state index in [-0.39, 0.29) is 11.3 Å². The van der Waals surface area contributed by atoms with Gasteiger partial charge in [0.1, 0.15) is 19.3 Å². The van der Waals surface area contributed by atoms with Gasteiger partial charge in [0.15, 0.2) is 0 Å². The lowest BCUT2D eigenvalue weighted by Gasteiger charge is -2.08. The summed E-state index contributed by atoms with van der Waals surface area (Å²) in [6, 6.07) is 0. The van der Waals surface area contributed by atoms with Gasteiger partial charge in [-0.15, -0.1) is 12.0 Å². The van der Waals surface area contributed by atoms with Gasteiger partial charge in [-0.2, -0.15) is 0 Å². The van der Waals surface area contributed by atoms with E-state index in [1.807, 2.05) is 0 Å². The molecule has 0 N–H and O–H groups in total. The van der Waals surface area contributed by atoms with Gasteiger partial charge in [-0.3, -0.25) is 13.9 Å². The van der Waals surface area contributed by atoms with E-state index in [1.54, 1.807) is 0 Å². The van der Waals surface area contributed by atoms with Crippen molar-refractivity contribution < 1.29 is 0 Å². The van der Waals surface area contributed by atoms with Gasteiger partial charge in [-0.05, 0) is 0 Å². The number of hydrogen-bond acceptors (Lipinski definition) is 2. The highest BCUT2D eigenvalue weighted by Gasteiger charge is 2.13. The van der Waals surface area contributed by atoms with E-state index in [0.717, 1.165) is 4.57 Å². The van der Waals surface area contributed by atoms with Crippen LogP contribution >= 0.6 is 0 Å². The Morgan fingerprint density at radius 3 is 2.11 bits per heavy atom. The summed E-state index contributed by atoms with van der Waals surface area (Å²) in [6.45, 7) is 6.21. The van der Waals surface area contributed by atoms with Crippen LogP contribution < -0.4 is 11.2 Å². The van der Waals surface area contributed by atoms with Crippen molar-refractivity contribution in [1.29, 1.82) is 0 Å². The van der Waals surface area contributed by atoms with Crippen molar-refractivity contribution in [3.8, 4) is 23.8 Å². The summed E-state index contributed by atoms with van der Waals surface area (Å²) >= 11 is 0. The molecule has 0 aromatic carbocycles. The average Bonchev–Trinajstić information content (AvgIpc) is 2.28. The Bertz CT molecular complexity index is 700. The summed E-state index contributed by atoms with van der Waals surface area (Å²) in [5.74, 6) is 5.23. The second kappa shape index (κ2) is 4.71. The molecule has 4 nitrogen and oxygen atoms in total. The average molecular weight is 260 g/mol. The molecule has 0 fully saturated rings. The highest BCUT2D eigenvalue weighted by molar-refractivity contribution is 6.83. The summed E-state index contributed by atoms with van der Waals surface area (Å²) < 4.78 is 2.30. The molecule has 0 aliphatic rings. The smallest absolute Gasteiger partial charge is 0.288 e. The molecule has 0 amide bonds. The van der Waals surface area contributed by atoms with Gasteiger partial charge in [0.05, 0.1) is 0 Å². The fraction of sp³-hybridized carbons (Fsp3) is 0.385. The molecule has 0 radical (unpaired) electrons. The van der Waals surface area contributed by atoms with Crippen LogP contribution in [0.4, 0.5) is 0 Å². The Labute approximate surface area is 107 Å². The minimum Gasteiger partial charge on any atom is -0.288 e. The summed E-state index contributed by atoms with van der Waals surface area (Å²) in [4.78, 5) is 23.7. The standard InChI is InChI=1S/C13H16N2O2Si/c1-7-11-10(8-9-18(4,5)6)12(16)15(3)13(17)14(11)2/h1H,2-6H3. The lowest BCUT2D eigenvalue weighted by Crippen LogP contribution is -2.40. The first-order chi connectivity index (χ1) is 8.19. The number of aromatic nitrogens is 2. The molecule has 0 spiro atoms. The zero-order valence-corrected chi connectivity index (χ0v) is 12.3. The zero-order valence-electron chi connectivity index (χ0n) is 11.3. The summed E-state index contributed by atoms with van der Waals surface area (Å²) in [5.41, 5.74) is 2.69. The largest absolute Gasteiger partial charge is 0.331 e. The number of hydrogen-bond donors (Lipinski definition) is 0. The molecule has 5 heteroatoms. The van der Waals surface area contributed by atoms with Crippen molar-refractivity contribution >= 4 is 8.07 Å². The molecule has 18 heavy (non-hydrogen) atoms. The highest BCUT2D eigenvalue weighted by Crippen LogP contribution is 2.00. The lowest BCUT2D eigenvalue weighted by molar-refractivity contribution is 0.676. The normalized spacial score (nSPS) is 10.4. The molecular weight excluding hydrogens is 244 g/mol. The van der Waals surface area contributed by atoms with Crippen molar-refractivity contribution in [2.75, 3.05) is 0 Å². The first kappa shape index (κ1) is 14.1. The fourth-order valence-electron chi connectivity index (χ4n) is 1.38. The van der Waals surface area contributed by atoms with Gasteiger partial charge in [0.2, 0.25) is 0 Å². The van der Waals surface area contributed by atoms with Crippen LogP contribution in [-0.4, -0.2) is 17.2 Å². The first-order valence-corrected chi connectivity index (χ1v) is 8.99. The van der Waals surface area contributed by atoms with Crippen molar-refractivity contribution in [1.82, 2.24) is 9.13 Å². The van der Waals surface area contributed by atoms with Crippen molar-refractivity contribution in [3.05, 3.63) is 32.1 Å².